The number of benzene rings is 2. The van der Waals surface area contributed by atoms with Crippen LogP contribution in [0.25, 0.3) is 0 Å². The second-order valence-corrected chi connectivity index (χ2v) is 5.27. The summed E-state index contributed by atoms with van der Waals surface area (Å²) in [6.45, 7) is 1.85. The van der Waals surface area contributed by atoms with E-state index in [0.717, 1.165) is 10.0 Å². The van der Waals surface area contributed by atoms with Crippen LogP contribution in [0.3, 0.4) is 0 Å². The van der Waals surface area contributed by atoms with Crippen molar-refractivity contribution < 1.29 is 9.18 Å². The van der Waals surface area contributed by atoms with Gasteiger partial charge in [-0.2, -0.15) is 0 Å². The van der Waals surface area contributed by atoms with Gasteiger partial charge in [0.25, 0.3) is 5.91 Å². The summed E-state index contributed by atoms with van der Waals surface area (Å²) >= 11 is 3.43. The van der Waals surface area contributed by atoms with E-state index in [1.165, 1.54) is 18.2 Å². The fourth-order valence-electron chi connectivity index (χ4n) is 1.91. The Kier molecular flexibility index (Phi) is 4.39. The van der Waals surface area contributed by atoms with Gasteiger partial charge in [-0.05, 0) is 30.7 Å². The van der Waals surface area contributed by atoms with Crippen molar-refractivity contribution in [3.63, 3.8) is 0 Å². The van der Waals surface area contributed by atoms with E-state index in [2.05, 4.69) is 21.2 Å². The van der Waals surface area contributed by atoms with E-state index in [1.807, 2.05) is 31.2 Å². The maximum absolute atomic E-state index is 13.4. The van der Waals surface area contributed by atoms with Gasteiger partial charge in [0.15, 0.2) is 0 Å². The molecule has 20 heavy (non-hydrogen) atoms. The highest BCUT2D eigenvalue weighted by Crippen LogP contribution is 2.23. The number of nitrogen functional groups attached to an aromatic ring is 1. The molecular weight excluding hydrogens is 323 g/mol. The van der Waals surface area contributed by atoms with Crippen LogP contribution in [0.2, 0.25) is 0 Å². The minimum atomic E-state index is -0.591. The van der Waals surface area contributed by atoms with Crippen molar-refractivity contribution in [2.45, 2.75) is 13.0 Å². The number of carbonyl (C=O) groups excluding carboxylic acids is 1. The fraction of sp³-hybridized carbons (Fsp3) is 0.133. The molecule has 0 bridgehead atoms. The SMILES string of the molecule is C[C@@H](NC(=O)c1cccc(F)c1N)c1ccccc1Br. The minimum Gasteiger partial charge on any atom is -0.396 e. The van der Waals surface area contributed by atoms with Crippen LogP contribution in [0.4, 0.5) is 10.1 Å². The average Bonchev–Trinajstić information content (AvgIpc) is 2.42. The Morgan fingerprint density at radius 3 is 2.65 bits per heavy atom. The summed E-state index contributed by atoms with van der Waals surface area (Å²) in [7, 11) is 0. The number of carbonyl (C=O) groups is 1. The van der Waals surface area contributed by atoms with Gasteiger partial charge in [-0.15, -0.1) is 0 Å². The van der Waals surface area contributed by atoms with Gasteiger partial charge in [0.1, 0.15) is 5.82 Å². The van der Waals surface area contributed by atoms with E-state index in [9.17, 15) is 9.18 Å². The second-order valence-electron chi connectivity index (χ2n) is 4.42. The number of para-hydroxylation sites is 1. The summed E-state index contributed by atoms with van der Waals surface area (Å²) in [6, 6.07) is 11.6. The molecule has 0 aliphatic rings. The van der Waals surface area contributed by atoms with Gasteiger partial charge in [0, 0.05) is 4.47 Å². The molecule has 0 spiro atoms. The summed E-state index contributed by atoms with van der Waals surface area (Å²) < 4.78 is 14.3. The monoisotopic (exact) mass is 336 g/mol. The zero-order valence-corrected chi connectivity index (χ0v) is 12.4. The number of hydrogen-bond acceptors (Lipinski definition) is 2. The van der Waals surface area contributed by atoms with Crippen LogP contribution in [0.5, 0.6) is 0 Å². The molecule has 104 valence electrons. The summed E-state index contributed by atoms with van der Waals surface area (Å²) in [5.74, 6) is -0.989. The number of nitrogens with one attached hydrogen (secondary N) is 1. The highest BCUT2D eigenvalue weighted by Gasteiger charge is 2.16. The molecule has 0 saturated heterocycles. The maximum atomic E-state index is 13.4. The predicted octanol–water partition coefficient (Wildman–Crippen LogP) is 3.66. The molecule has 2 aromatic carbocycles. The fourth-order valence-corrected chi connectivity index (χ4v) is 2.54. The third kappa shape index (κ3) is 2.99. The normalized spacial score (nSPS) is 11.9. The Balaban J connectivity index is 2.20. The molecule has 1 atom stereocenters. The number of hydrogen-bond donors (Lipinski definition) is 2. The molecule has 0 fully saturated rings. The third-order valence-electron chi connectivity index (χ3n) is 3.02. The van der Waals surface area contributed by atoms with Crippen molar-refractivity contribution in [2.75, 3.05) is 5.73 Å². The molecule has 1 amide bonds. The van der Waals surface area contributed by atoms with Gasteiger partial charge in [0.05, 0.1) is 17.3 Å². The van der Waals surface area contributed by atoms with Crippen LogP contribution >= 0.6 is 15.9 Å². The molecule has 0 saturated carbocycles. The van der Waals surface area contributed by atoms with Crippen molar-refractivity contribution in [1.29, 1.82) is 0 Å². The van der Waals surface area contributed by atoms with Crippen molar-refractivity contribution in [2.24, 2.45) is 0 Å². The largest absolute Gasteiger partial charge is 0.396 e. The summed E-state index contributed by atoms with van der Waals surface area (Å²) in [4.78, 5) is 12.1. The van der Waals surface area contributed by atoms with Gasteiger partial charge >= 0.3 is 0 Å². The van der Waals surface area contributed by atoms with Gasteiger partial charge in [-0.3, -0.25) is 4.79 Å². The highest BCUT2D eigenvalue weighted by molar-refractivity contribution is 9.10. The lowest BCUT2D eigenvalue weighted by atomic mass is 10.1. The average molecular weight is 337 g/mol. The lowest BCUT2D eigenvalue weighted by Gasteiger charge is -2.16. The van der Waals surface area contributed by atoms with E-state index >= 15 is 0 Å². The molecule has 0 heterocycles. The molecule has 3 nitrogen and oxygen atoms in total. The topological polar surface area (TPSA) is 55.1 Å². The first-order valence-electron chi connectivity index (χ1n) is 6.10. The van der Waals surface area contributed by atoms with E-state index in [0.29, 0.717) is 0 Å². The molecule has 3 N–H and O–H groups in total. The number of rotatable bonds is 3. The third-order valence-corrected chi connectivity index (χ3v) is 3.74. The molecule has 2 rings (SSSR count). The van der Waals surface area contributed by atoms with Crippen LogP contribution < -0.4 is 11.1 Å². The smallest absolute Gasteiger partial charge is 0.253 e. The van der Waals surface area contributed by atoms with Crippen molar-refractivity contribution >= 4 is 27.5 Å². The van der Waals surface area contributed by atoms with Crippen LogP contribution in [-0.4, -0.2) is 5.91 Å². The number of halogens is 2. The van der Waals surface area contributed by atoms with E-state index in [4.69, 9.17) is 5.73 Å². The van der Waals surface area contributed by atoms with Crippen molar-refractivity contribution in [1.82, 2.24) is 5.32 Å². The van der Waals surface area contributed by atoms with Gasteiger partial charge in [-0.1, -0.05) is 40.2 Å². The molecule has 0 aromatic heterocycles. The Hall–Kier alpha value is -1.88. The molecule has 5 heteroatoms. The van der Waals surface area contributed by atoms with Gasteiger partial charge in [0.2, 0.25) is 0 Å². The molecule has 0 unspecified atom stereocenters. The summed E-state index contributed by atoms with van der Waals surface area (Å²) in [6.07, 6.45) is 0. The molecule has 0 aliphatic heterocycles. The predicted molar refractivity (Wildman–Crippen MR) is 80.8 cm³/mol. The molecule has 0 radical (unpaired) electrons. The van der Waals surface area contributed by atoms with Crippen LogP contribution in [-0.2, 0) is 0 Å². The van der Waals surface area contributed by atoms with Crippen molar-refractivity contribution in [3.05, 3.63) is 63.9 Å². The maximum Gasteiger partial charge on any atom is 0.253 e. The second kappa shape index (κ2) is 6.05. The Bertz CT molecular complexity index is 646. The molecule has 0 aliphatic carbocycles. The van der Waals surface area contributed by atoms with E-state index in [-0.39, 0.29) is 17.3 Å². The van der Waals surface area contributed by atoms with Gasteiger partial charge < -0.3 is 11.1 Å². The number of anilines is 1. The Labute approximate surface area is 125 Å². The molecular formula is C15H14BrFN2O. The Morgan fingerprint density at radius 1 is 1.25 bits per heavy atom. The van der Waals surface area contributed by atoms with Crippen LogP contribution in [0.15, 0.2) is 46.9 Å². The minimum absolute atomic E-state index is 0.135. The first-order chi connectivity index (χ1) is 9.50. The van der Waals surface area contributed by atoms with Crippen LogP contribution in [0.1, 0.15) is 28.9 Å². The lowest BCUT2D eigenvalue weighted by Crippen LogP contribution is -2.27. The van der Waals surface area contributed by atoms with Gasteiger partial charge in [-0.25, -0.2) is 4.39 Å². The molecule has 2 aromatic rings. The van der Waals surface area contributed by atoms with E-state index in [1.54, 1.807) is 0 Å². The zero-order chi connectivity index (χ0) is 14.7. The first-order valence-corrected chi connectivity index (χ1v) is 6.89. The van der Waals surface area contributed by atoms with Crippen molar-refractivity contribution in [3.8, 4) is 0 Å². The van der Waals surface area contributed by atoms with Crippen LogP contribution in [0, 0.1) is 5.82 Å². The standard InChI is InChI=1S/C15H14BrFN2O/c1-9(10-5-2-3-7-12(10)16)19-15(20)11-6-4-8-13(17)14(11)18/h2-9H,18H2,1H3,(H,19,20)/t9-/m1/s1. The number of nitrogens with two attached hydrogens (primary N) is 1. The Morgan fingerprint density at radius 2 is 1.95 bits per heavy atom. The first kappa shape index (κ1) is 14.5. The summed E-state index contributed by atoms with van der Waals surface area (Å²) in [5.41, 5.74) is 6.53. The lowest BCUT2D eigenvalue weighted by molar-refractivity contribution is 0.0940. The van der Waals surface area contributed by atoms with E-state index < -0.39 is 11.7 Å². The summed E-state index contributed by atoms with van der Waals surface area (Å²) in [5, 5.41) is 2.81. The highest BCUT2D eigenvalue weighted by atomic mass is 79.9. The zero-order valence-electron chi connectivity index (χ0n) is 10.9. The number of amides is 1. The quantitative estimate of drug-likeness (QED) is 0.840.